The first-order valence-electron chi connectivity index (χ1n) is 16.8. The van der Waals surface area contributed by atoms with E-state index in [1.807, 2.05) is 12.1 Å². The second kappa shape index (κ2) is 14.6. The standard InChI is InChI=1S/C35H41ClN8O4/c36-32-29-20-30(39-33(29)38-23-37-32)25-5-3-24(4-6-25)21-42-15-9-28(10-16-42)48-27-7-13-41(14-8-27)18-19-43-12-1-2-26(34(43)46)22-44-17-11-31(45)40-35(44)47/h1-6,12,20,23,27-28H,7-11,13-19,21-22H2,(H,37,38,39)(H,40,45,47). The average molecular weight is 673 g/mol. The number of aromatic amines is 1. The van der Waals surface area contributed by atoms with Gasteiger partial charge in [0.25, 0.3) is 5.56 Å². The van der Waals surface area contributed by atoms with Crippen LogP contribution < -0.4 is 10.9 Å². The fourth-order valence-corrected chi connectivity index (χ4v) is 7.13. The highest BCUT2D eigenvalue weighted by atomic mass is 35.5. The Morgan fingerprint density at radius 3 is 2.29 bits per heavy atom. The summed E-state index contributed by atoms with van der Waals surface area (Å²) in [7, 11) is 0. The lowest BCUT2D eigenvalue weighted by Gasteiger charge is -2.37. The van der Waals surface area contributed by atoms with E-state index in [1.54, 1.807) is 16.8 Å². The molecular formula is C35H41ClN8O4. The van der Waals surface area contributed by atoms with Crippen LogP contribution in [0.3, 0.4) is 0 Å². The Balaban J connectivity index is 0.817. The minimum Gasteiger partial charge on any atom is -0.375 e. The van der Waals surface area contributed by atoms with Crippen LogP contribution in [0.1, 0.15) is 43.2 Å². The van der Waals surface area contributed by atoms with Crippen molar-refractivity contribution in [3.8, 4) is 11.3 Å². The molecule has 3 saturated heterocycles. The number of rotatable bonds is 10. The van der Waals surface area contributed by atoms with Crippen molar-refractivity contribution in [1.29, 1.82) is 0 Å². The van der Waals surface area contributed by atoms with Crippen molar-refractivity contribution in [2.24, 2.45) is 0 Å². The Morgan fingerprint density at radius 1 is 0.854 bits per heavy atom. The Bertz CT molecular complexity index is 1810. The zero-order valence-electron chi connectivity index (χ0n) is 26.9. The normalized spacial score (nSPS) is 18.9. The van der Waals surface area contributed by atoms with Gasteiger partial charge in [0.05, 0.1) is 24.1 Å². The van der Waals surface area contributed by atoms with E-state index in [-0.39, 0.29) is 30.5 Å². The molecule has 6 heterocycles. The first kappa shape index (κ1) is 32.4. The lowest BCUT2D eigenvalue weighted by molar-refractivity contribution is -0.121. The van der Waals surface area contributed by atoms with Crippen LogP contribution in [-0.4, -0.2) is 97.6 Å². The van der Waals surface area contributed by atoms with Crippen molar-refractivity contribution < 1.29 is 14.3 Å². The van der Waals surface area contributed by atoms with Gasteiger partial charge in [0.1, 0.15) is 17.1 Å². The molecule has 13 heteroatoms. The van der Waals surface area contributed by atoms with E-state index in [2.05, 4.69) is 54.3 Å². The fourth-order valence-electron chi connectivity index (χ4n) is 6.95. The molecule has 3 aliphatic heterocycles. The molecule has 1 aromatic carbocycles. The number of imide groups is 1. The summed E-state index contributed by atoms with van der Waals surface area (Å²) in [6.45, 7) is 6.80. The monoisotopic (exact) mass is 672 g/mol. The topological polar surface area (TPSA) is 129 Å². The molecule has 48 heavy (non-hydrogen) atoms. The molecule has 3 fully saturated rings. The number of nitrogens with zero attached hydrogens (tertiary/aromatic N) is 6. The van der Waals surface area contributed by atoms with Crippen LogP contribution in [0, 0.1) is 0 Å². The lowest BCUT2D eigenvalue weighted by atomic mass is 10.0. The number of carbonyl (C=O) groups is 2. The molecular weight excluding hydrogens is 632 g/mol. The summed E-state index contributed by atoms with van der Waals surface area (Å²) in [6, 6.07) is 13.8. The highest BCUT2D eigenvalue weighted by molar-refractivity contribution is 6.34. The zero-order valence-corrected chi connectivity index (χ0v) is 27.7. The van der Waals surface area contributed by atoms with E-state index in [1.165, 1.54) is 16.8 Å². The van der Waals surface area contributed by atoms with Crippen molar-refractivity contribution in [2.45, 2.75) is 63.9 Å². The maximum absolute atomic E-state index is 13.1. The SMILES string of the molecule is O=C1CCN(Cc2cccn(CCN3CCC(OC4CCN(Cc5ccc(-c6cc7c(Cl)ncnc7[nH]6)cc5)CC4)CC3)c2=O)C(=O)N1. The van der Waals surface area contributed by atoms with Gasteiger partial charge in [0, 0.05) is 76.2 Å². The molecule has 0 saturated carbocycles. The molecule has 0 atom stereocenters. The summed E-state index contributed by atoms with van der Waals surface area (Å²) in [4.78, 5) is 54.7. The Hall–Kier alpha value is -4.10. The van der Waals surface area contributed by atoms with Gasteiger partial charge in [0.15, 0.2) is 0 Å². The smallest absolute Gasteiger partial charge is 0.324 e. The van der Waals surface area contributed by atoms with E-state index in [0.717, 1.165) is 87.2 Å². The Labute approximate surface area is 284 Å². The van der Waals surface area contributed by atoms with Crippen LogP contribution in [0.5, 0.6) is 0 Å². The predicted octanol–water partition coefficient (Wildman–Crippen LogP) is 4.03. The molecule has 3 aromatic heterocycles. The number of aromatic nitrogens is 4. The first-order valence-corrected chi connectivity index (χ1v) is 17.2. The number of likely N-dealkylation sites (tertiary alicyclic amines) is 2. The molecule has 0 unspecified atom stereocenters. The highest BCUT2D eigenvalue weighted by Gasteiger charge is 2.27. The first-order chi connectivity index (χ1) is 23.4. The second-order valence-corrected chi connectivity index (χ2v) is 13.4. The summed E-state index contributed by atoms with van der Waals surface area (Å²) in [5, 5.41) is 3.60. The van der Waals surface area contributed by atoms with Gasteiger partial charge in [-0.15, -0.1) is 0 Å². The molecule has 0 aliphatic carbocycles. The maximum atomic E-state index is 13.1. The van der Waals surface area contributed by atoms with Gasteiger partial charge in [-0.05, 0) is 48.9 Å². The second-order valence-electron chi connectivity index (χ2n) is 13.0. The number of halogens is 1. The number of carbonyl (C=O) groups excluding carboxylic acids is 2. The van der Waals surface area contributed by atoms with Crippen LogP contribution >= 0.6 is 11.6 Å². The summed E-state index contributed by atoms with van der Waals surface area (Å²) < 4.78 is 8.30. The van der Waals surface area contributed by atoms with Gasteiger partial charge >= 0.3 is 6.03 Å². The van der Waals surface area contributed by atoms with Crippen molar-refractivity contribution in [3.05, 3.63) is 81.6 Å². The summed E-state index contributed by atoms with van der Waals surface area (Å²) in [6.07, 6.45) is 8.20. The predicted molar refractivity (Wildman–Crippen MR) is 182 cm³/mol. The molecule has 7 rings (SSSR count). The number of amides is 3. The Kier molecular flexibility index (Phi) is 9.85. The summed E-state index contributed by atoms with van der Waals surface area (Å²) in [5.41, 5.74) is 4.57. The van der Waals surface area contributed by atoms with Gasteiger partial charge in [0.2, 0.25) is 5.91 Å². The van der Waals surface area contributed by atoms with E-state index in [4.69, 9.17) is 16.3 Å². The highest BCUT2D eigenvalue weighted by Crippen LogP contribution is 2.27. The van der Waals surface area contributed by atoms with Crippen molar-refractivity contribution in [3.63, 3.8) is 0 Å². The zero-order chi connectivity index (χ0) is 33.0. The molecule has 252 valence electrons. The number of urea groups is 1. The third-order valence-corrected chi connectivity index (χ3v) is 10.1. The van der Waals surface area contributed by atoms with E-state index in [0.29, 0.717) is 29.9 Å². The lowest BCUT2D eigenvalue weighted by Crippen LogP contribution is -2.49. The molecule has 0 radical (unpaired) electrons. The van der Waals surface area contributed by atoms with Crippen molar-refractivity contribution in [2.75, 3.05) is 39.3 Å². The van der Waals surface area contributed by atoms with Crippen LogP contribution in [0.2, 0.25) is 5.15 Å². The van der Waals surface area contributed by atoms with Crippen LogP contribution in [0.15, 0.2) is 59.8 Å². The molecule has 12 nitrogen and oxygen atoms in total. The molecule has 0 spiro atoms. The quantitative estimate of drug-likeness (QED) is 0.242. The van der Waals surface area contributed by atoms with Crippen LogP contribution in [0.4, 0.5) is 4.79 Å². The molecule has 2 N–H and O–H groups in total. The van der Waals surface area contributed by atoms with Gasteiger partial charge in [-0.1, -0.05) is 41.9 Å². The number of ether oxygens (including phenoxy) is 1. The Morgan fingerprint density at radius 2 is 1.58 bits per heavy atom. The minimum atomic E-state index is -0.441. The van der Waals surface area contributed by atoms with Crippen molar-refractivity contribution >= 4 is 34.6 Å². The molecule has 4 aromatic rings. The van der Waals surface area contributed by atoms with Crippen LogP contribution in [0.25, 0.3) is 22.3 Å². The summed E-state index contributed by atoms with van der Waals surface area (Å²) >= 11 is 6.22. The third kappa shape index (κ3) is 7.62. The van der Waals surface area contributed by atoms with Gasteiger partial charge in [-0.25, -0.2) is 14.8 Å². The summed E-state index contributed by atoms with van der Waals surface area (Å²) in [5.74, 6) is -0.276. The fraction of sp³-hybridized carbons (Fsp3) is 0.457. The molecule has 3 amide bonds. The minimum absolute atomic E-state index is 0.0874. The van der Waals surface area contributed by atoms with E-state index in [9.17, 15) is 14.4 Å². The number of piperidine rings is 2. The van der Waals surface area contributed by atoms with E-state index >= 15 is 0 Å². The van der Waals surface area contributed by atoms with E-state index < -0.39 is 6.03 Å². The number of hydrogen-bond acceptors (Lipinski definition) is 8. The average Bonchev–Trinajstić information content (AvgIpc) is 3.54. The van der Waals surface area contributed by atoms with Gasteiger partial charge in [-0.2, -0.15) is 0 Å². The van der Waals surface area contributed by atoms with Crippen molar-refractivity contribution in [1.82, 2.24) is 39.5 Å². The third-order valence-electron chi connectivity index (χ3n) is 9.76. The largest absolute Gasteiger partial charge is 0.375 e. The molecule has 0 bridgehead atoms. The number of pyridine rings is 1. The van der Waals surface area contributed by atoms with Gasteiger partial charge < -0.3 is 24.1 Å². The number of H-pyrrole nitrogens is 1. The number of fused-ring (bicyclic) bond motifs is 1. The number of benzene rings is 1. The molecule has 3 aliphatic rings. The maximum Gasteiger partial charge on any atom is 0.324 e. The van der Waals surface area contributed by atoms with Gasteiger partial charge in [-0.3, -0.25) is 19.8 Å². The number of nitrogens with one attached hydrogen (secondary N) is 2. The number of hydrogen-bond donors (Lipinski definition) is 2. The van der Waals surface area contributed by atoms with Crippen LogP contribution in [-0.2, 0) is 29.2 Å².